The van der Waals surface area contributed by atoms with Crippen LogP contribution in [0.2, 0.25) is 0 Å². The third-order valence-corrected chi connectivity index (χ3v) is 4.72. The topological polar surface area (TPSA) is 27.6 Å². The fourth-order valence-electron chi connectivity index (χ4n) is 3.20. The maximum absolute atomic E-state index is 4.71. The molecule has 2 unspecified atom stereocenters. The predicted octanol–water partition coefficient (Wildman–Crippen LogP) is 3.24. The third kappa shape index (κ3) is 3.58. The lowest BCUT2D eigenvalue weighted by molar-refractivity contribution is 0.273. The van der Waals surface area contributed by atoms with E-state index in [1.165, 1.54) is 24.8 Å². The van der Waals surface area contributed by atoms with Gasteiger partial charge < -0.3 is 10.2 Å². The summed E-state index contributed by atoms with van der Waals surface area (Å²) >= 11 is 0. The number of aliphatic imine (C=N–C) groups is 1. The zero-order valence-electron chi connectivity index (χ0n) is 13.3. The lowest BCUT2D eigenvalue weighted by Crippen LogP contribution is -2.46. The molecule has 2 fully saturated rings. The summed E-state index contributed by atoms with van der Waals surface area (Å²) in [5, 5.41) is 3.70. The van der Waals surface area contributed by atoms with Crippen molar-refractivity contribution in [3.8, 4) is 0 Å². The summed E-state index contributed by atoms with van der Waals surface area (Å²) in [4.78, 5) is 7.16. The van der Waals surface area contributed by atoms with Gasteiger partial charge in [0.05, 0.1) is 0 Å². The van der Waals surface area contributed by atoms with Crippen molar-refractivity contribution in [1.82, 2.24) is 10.2 Å². The van der Waals surface area contributed by atoms with Crippen LogP contribution in [0.5, 0.6) is 0 Å². The molecule has 1 saturated heterocycles. The first kappa shape index (κ1) is 14.4. The molecule has 2 aliphatic rings. The molecule has 1 aromatic carbocycles. The van der Waals surface area contributed by atoms with Gasteiger partial charge in [-0.3, -0.25) is 4.99 Å². The molecule has 0 aromatic heterocycles. The average Bonchev–Trinajstić information content (AvgIpc) is 3.28. The van der Waals surface area contributed by atoms with Gasteiger partial charge in [0.15, 0.2) is 5.96 Å². The Morgan fingerprint density at radius 3 is 2.62 bits per heavy atom. The van der Waals surface area contributed by atoms with E-state index in [9.17, 15) is 0 Å². The van der Waals surface area contributed by atoms with Crippen LogP contribution in [0.25, 0.3) is 0 Å². The third-order valence-electron chi connectivity index (χ3n) is 4.72. The number of nitrogens with one attached hydrogen (secondary N) is 1. The van der Waals surface area contributed by atoms with Gasteiger partial charge in [0.2, 0.25) is 0 Å². The van der Waals surface area contributed by atoms with E-state index in [-0.39, 0.29) is 0 Å². The fraction of sp³-hybridized carbons (Fsp3) is 0.611. The standard InChI is InChI=1S/C18H27N3/c1-3-19-18(21-11-9-14(2)10-12-21)20-17-13-16(17)15-7-5-4-6-8-15/h4-8,14,16-17H,3,9-13H2,1-2H3,(H,19,20). The van der Waals surface area contributed by atoms with Crippen molar-refractivity contribution in [2.24, 2.45) is 10.9 Å². The molecule has 1 aliphatic carbocycles. The van der Waals surface area contributed by atoms with Crippen LogP contribution in [-0.4, -0.2) is 36.5 Å². The van der Waals surface area contributed by atoms with Gasteiger partial charge in [-0.2, -0.15) is 0 Å². The summed E-state index contributed by atoms with van der Waals surface area (Å²) in [5.41, 5.74) is 1.46. The van der Waals surface area contributed by atoms with Crippen LogP contribution in [0.15, 0.2) is 35.3 Å². The average molecular weight is 285 g/mol. The zero-order valence-corrected chi connectivity index (χ0v) is 13.3. The van der Waals surface area contributed by atoms with Crippen LogP contribution in [-0.2, 0) is 0 Å². The summed E-state index contributed by atoms with van der Waals surface area (Å²) in [6, 6.07) is 11.4. The summed E-state index contributed by atoms with van der Waals surface area (Å²) < 4.78 is 0. The van der Waals surface area contributed by atoms with Gasteiger partial charge >= 0.3 is 0 Å². The second-order valence-electron chi connectivity index (χ2n) is 6.47. The van der Waals surface area contributed by atoms with Gasteiger partial charge in [0.1, 0.15) is 0 Å². The zero-order chi connectivity index (χ0) is 14.7. The molecule has 114 valence electrons. The largest absolute Gasteiger partial charge is 0.353 e. The van der Waals surface area contributed by atoms with Gasteiger partial charge in [-0.05, 0) is 37.7 Å². The molecule has 3 rings (SSSR count). The molecule has 3 heteroatoms. The van der Waals surface area contributed by atoms with Gasteiger partial charge in [0.25, 0.3) is 0 Å². The van der Waals surface area contributed by atoms with Gasteiger partial charge in [-0.1, -0.05) is 37.3 Å². The van der Waals surface area contributed by atoms with E-state index in [1.807, 2.05) is 0 Å². The number of benzene rings is 1. The van der Waals surface area contributed by atoms with E-state index in [1.54, 1.807) is 0 Å². The highest BCUT2D eigenvalue weighted by Gasteiger charge is 2.39. The van der Waals surface area contributed by atoms with E-state index in [0.29, 0.717) is 12.0 Å². The molecule has 1 N–H and O–H groups in total. The van der Waals surface area contributed by atoms with Crippen molar-refractivity contribution in [3.63, 3.8) is 0 Å². The normalized spacial score (nSPS) is 26.8. The number of guanidine groups is 1. The van der Waals surface area contributed by atoms with Crippen LogP contribution in [0.3, 0.4) is 0 Å². The first-order valence-electron chi connectivity index (χ1n) is 8.38. The summed E-state index contributed by atoms with van der Waals surface area (Å²) in [6.07, 6.45) is 3.81. The first-order chi connectivity index (χ1) is 10.3. The molecule has 0 amide bonds. The maximum Gasteiger partial charge on any atom is 0.194 e. The maximum atomic E-state index is 4.71. The number of hydrogen-bond donors (Lipinski definition) is 1. The Labute approximate surface area is 128 Å². The minimum atomic E-state index is 0.567. The molecule has 1 aromatic rings. The Balaban J connectivity index is 1.58. The lowest BCUT2D eigenvalue weighted by Gasteiger charge is -2.33. The molecule has 0 bridgehead atoms. The van der Waals surface area contributed by atoms with Crippen molar-refractivity contribution in [3.05, 3.63) is 35.9 Å². The minimum Gasteiger partial charge on any atom is -0.353 e. The van der Waals surface area contributed by atoms with Crippen LogP contribution >= 0.6 is 0 Å². The summed E-state index contributed by atoms with van der Waals surface area (Å²) in [6.45, 7) is 7.63. The fourth-order valence-corrected chi connectivity index (χ4v) is 3.20. The van der Waals surface area contributed by atoms with E-state index in [0.717, 1.165) is 31.5 Å². The number of piperidine rings is 1. The molecule has 2 atom stereocenters. The van der Waals surface area contributed by atoms with Crippen molar-refractivity contribution in [2.45, 2.75) is 45.1 Å². The Bertz CT molecular complexity index is 474. The Hall–Kier alpha value is -1.51. The number of rotatable bonds is 3. The number of hydrogen-bond acceptors (Lipinski definition) is 1. The van der Waals surface area contributed by atoms with Gasteiger partial charge in [0, 0.05) is 31.6 Å². The molecule has 1 aliphatic heterocycles. The van der Waals surface area contributed by atoms with Gasteiger partial charge in [-0.15, -0.1) is 0 Å². The molecule has 3 nitrogen and oxygen atoms in total. The van der Waals surface area contributed by atoms with E-state index < -0.39 is 0 Å². The van der Waals surface area contributed by atoms with E-state index >= 15 is 0 Å². The monoisotopic (exact) mass is 285 g/mol. The molecule has 0 radical (unpaired) electrons. The van der Waals surface area contributed by atoms with Crippen molar-refractivity contribution < 1.29 is 0 Å². The Morgan fingerprint density at radius 1 is 1.24 bits per heavy atom. The number of nitrogens with zero attached hydrogens (tertiary/aromatic N) is 2. The highest BCUT2D eigenvalue weighted by molar-refractivity contribution is 5.81. The number of likely N-dealkylation sites (tertiary alicyclic amines) is 1. The minimum absolute atomic E-state index is 0.567. The van der Waals surface area contributed by atoms with Crippen molar-refractivity contribution in [1.29, 1.82) is 0 Å². The molecular formula is C18H27N3. The Kier molecular flexibility index (Phi) is 4.47. The lowest BCUT2D eigenvalue weighted by atomic mass is 9.99. The van der Waals surface area contributed by atoms with Crippen LogP contribution in [0.4, 0.5) is 0 Å². The second kappa shape index (κ2) is 6.50. The van der Waals surface area contributed by atoms with Crippen molar-refractivity contribution >= 4 is 5.96 Å². The molecule has 1 heterocycles. The molecule has 21 heavy (non-hydrogen) atoms. The summed E-state index contributed by atoms with van der Waals surface area (Å²) in [5.74, 6) is 2.66. The highest BCUT2D eigenvalue weighted by atomic mass is 15.3. The molecular weight excluding hydrogens is 258 g/mol. The summed E-state index contributed by atoms with van der Waals surface area (Å²) in [7, 11) is 0. The van der Waals surface area contributed by atoms with Crippen molar-refractivity contribution in [2.75, 3.05) is 19.6 Å². The molecule has 1 saturated carbocycles. The SMILES string of the molecule is CCN=C(NC1CC1c1ccccc1)N1CCC(C)CC1. The van der Waals surface area contributed by atoms with E-state index in [4.69, 9.17) is 4.99 Å². The smallest absolute Gasteiger partial charge is 0.194 e. The van der Waals surface area contributed by atoms with Crippen LogP contribution < -0.4 is 5.32 Å². The van der Waals surface area contributed by atoms with E-state index in [2.05, 4.69) is 54.4 Å². The second-order valence-corrected chi connectivity index (χ2v) is 6.47. The Morgan fingerprint density at radius 2 is 1.95 bits per heavy atom. The van der Waals surface area contributed by atoms with Crippen LogP contribution in [0, 0.1) is 5.92 Å². The van der Waals surface area contributed by atoms with Crippen LogP contribution in [0.1, 0.15) is 44.6 Å². The predicted molar refractivity (Wildman–Crippen MR) is 88.7 cm³/mol. The highest BCUT2D eigenvalue weighted by Crippen LogP contribution is 2.40. The molecule has 0 spiro atoms. The van der Waals surface area contributed by atoms with Gasteiger partial charge in [-0.25, -0.2) is 0 Å². The first-order valence-corrected chi connectivity index (χ1v) is 8.38. The quantitative estimate of drug-likeness (QED) is 0.682.